The van der Waals surface area contributed by atoms with Gasteiger partial charge in [-0.2, -0.15) is 0 Å². The summed E-state index contributed by atoms with van der Waals surface area (Å²) in [5.41, 5.74) is 0.886. The van der Waals surface area contributed by atoms with Crippen molar-refractivity contribution in [2.75, 3.05) is 11.9 Å². The van der Waals surface area contributed by atoms with Gasteiger partial charge < -0.3 is 10.0 Å². The standard InChI is InChI=1S/C13H14N2O3S/c1-9(16)12-8-11(15(17)18)13(19-12)14(2)10-6-4-3-5-7-10/h3-9,16H,1-2H3/t9-/m1/s1. The van der Waals surface area contributed by atoms with Crippen LogP contribution in [0.3, 0.4) is 0 Å². The molecule has 0 unspecified atom stereocenters. The number of rotatable bonds is 4. The molecule has 19 heavy (non-hydrogen) atoms. The molecule has 0 spiro atoms. The first kappa shape index (κ1) is 13.5. The van der Waals surface area contributed by atoms with Crippen molar-refractivity contribution >= 4 is 27.7 Å². The van der Waals surface area contributed by atoms with E-state index in [1.807, 2.05) is 30.3 Å². The molecule has 6 heteroatoms. The van der Waals surface area contributed by atoms with Gasteiger partial charge in [0.05, 0.1) is 11.0 Å². The Morgan fingerprint density at radius 3 is 2.53 bits per heavy atom. The lowest BCUT2D eigenvalue weighted by atomic mass is 10.3. The summed E-state index contributed by atoms with van der Waals surface area (Å²) in [5, 5.41) is 21.2. The van der Waals surface area contributed by atoms with Gasteiger partial charge in [0.15, 0.2) is 5.00 Å². The molecule has 0 aliphatic heterocycles. The molecule has 0 radical (unpaired) electrons. The minimum Gasteiger partial charge on any atom is -0.388 e. The Labute approximate surface area is 114 Å². The molecule has 0 aliphatic rings. The molecule has 100 valence electrons. The van der Waals surface area contributed by atoms with Crippen LogP contribution in [0.25, 0.3) is 0 Å². The molecule has 2 rings (SSSR count). The van der Waals surface area contributed by atoms with Gasteiger partial charge >= 0.3 is 5.69 Å². The van der Waals surface area contributed by atoms with Crippen molar-refractivity contribution in [1.29, 1.82) is 0 Å². The molecule has 2 aromatic rings. The summed E-state index contributed by atoms with van der Waals surface area (Å²) in [4.78, 5) is 13.0. The van der Waals surface area contributed by atoms with Crippen LogP contribution >= 0.6 is 11.3 Å². The summed E-state index contributed by atoms with van der Waals surface area (Å²) in [6.07, 6.45) is -0.707. The van der Waals surface area contributed by atoms with Crippen molar-refractivity contribution in [1.82, 2.24) is 0 Å². The summed E-state index contributed by atoms with van der Waals surface area (Å²) < 4.78 is 0. The summed E-state index contributed by atoms with van der Waals surface area (Å²) in [7, 11) is 1.78. The molecular formula is C13H14N2O3S. The van der Waals surface area contributed by atoms with Crippen molar-refractivity contribution in [3.05, 3.63) is 51.4 Å². The number of anilines is 2. The maximum absolute atomic E-state index is 11.1. The molecule has 0 saturated carbocycles. The second-order valence-electron chi connectivity index (χ2n) is 4.17. The van der Waals surface area contributed by atoms with Gasteiger partial charge in [-0.25, -0.2) is 0 Å². The SMILES string of the molecule is C[C@@H](O)c1cc([N+](=O)[O-])c(N(C)c2ccccc2)s1. The van der Waals surface area contributed by atoms with Gasteiger partial charge in [0.1, 0.15) is 0 Å². The Bertz CT molecular complexity index is 581. The lowest BCUT2D eigenvalue weighted by Crippen LogP contribution is -2.09. The van der Waals surface area contributed by atoms with Crippen molar-refractivity contribution in [2.24, 2.45) is 0 Å². The number of nitro groups is 1. The third kappa shape index (κ3) is 2.74. The van der Waals surface area contributed by atoms with E-state index in [9.17, 15) is 15.2 Å². The fraction of sp³-hybridized carbons (Fsp3) is 0.231. The van der Waals surface area contributed by atoms with E-state index in [1.54, 1.807) is 18.9 Å². The monoisotopic (exact) mass is 278 g/mol. The quantitative estimate of drug-likeness (QED) is 0.687. The number of hydrogen-bond acceptors (Lipinski definition) is 5. The number of para-hydroxylation sites is 1. The van der Waals surface area contributed by atoms with Crippen molar-refractivity contribution in [3.8, 4) is 0 Å². The molecule has 0 fully saturated rings. The molecule has 0 aliphatic carbocycles. The molecular weight excluding hydrogens is 264 g/mol. The normalized spacial score (nSPS) is 12.2. The van der Waals surface area contributed by atoms with E-state index < -0.39 is 11.0 Å². The third-order valence-electron chi connectivity index (χ3n) is 2.77. The predicted molar refractivity (Wildman–Crippen MR) is 76.1 cm³/mol. The highest BCUT2D eigenvalue weighted by molar-refractivity contribution is 7.16. The average Bonchev–Trinajstić information content (AvgIpc) is 2.84. The van der Waals surface area contributed by atoms with E-state index in [0.29, 0.717) is 9.88 Å². The van der Waals surface area contributed by atoms with Crippen LogP contribution in [0.2, 0.25) is 0 Å². The van der Waals surface area contributed by atoms with Crippen LogP contribution in [0.5, 0.6) is 0 Å². The summed E-state index contributed by atoms with van der Waals surface area (Å²) in [5.74, 6) is 0. The fourth-order valence-corrected chi connectivity index (χ4v) is 2.78. The molecule has 1 atom stereocenters. The molecule has 0 saturated heterocycles. The predicted octanol–water partition coefficient (Wildman–Crippen LogP) is 3.48. The second kappa shape index (κ2) is 5.38. The highest BCUT2D eigenvalue weighted by atomic mass is 32.1. The van der Waals surface area contributed by atoms with Crippen LogP contribution in [-0.2, 0) is 0 Å². The summed E-state index contributed by atoms with van der Waals surface area (Å²) in [6, 6.07) is 10.8. The zero-order chi connectivity index (χ0) is 14.0. The fourth-order valence-electron chi connectivity index (χ4n) is 1.74. The van der Waals surface area contributed by atoms with E-state index in [0.717, 1.165) is 5.69 Å². The zero-order valence-electron chi connectivity index (χ0n) is 10.6. The molecule has 1 N–H and O–H groups in total. The zero-order valence-corrected chi connectivity index (χ0v) is 11.4. The molecule has 0 bridgehead atoms. The van der Waals surface area contributed by atoms with Gasteiger partial charge in [-0.05, 0) is 19.1 Å². The third-order valence-corrected chi connectivity index (χ3v) is 4.14. The summed E-state index contributed by atoms with van der Waals surface area (Å²) >= 11 is 1.23. The molecule has 1 aromatic heterocycles. The van der Waals surface area contributed by atoms with E-state index in [1.165, 1.54) is 17.4 Å². The Morgan fingerprint density at radius 2 is 2.00 bits per heavy atom. The maximum atomic E-state index is 11.1. The second-order valence-corrected chi connectivity index (χ2v) is 5.23. The van der Waals surface area contributed by atoms with Crippen LogP contribution in [-0.4, -0.2) is 17.1 Å². The topological polar surface area (TPSA) is 66.6 Å². The van der Waals surface area contributed by atoms with E-state index in [4.69, 9.17) is 0 Å². The molecule has 1 heterocycles. The number of benzene rings is 1. The van der Waals surface area contributed by atoms with Crippen LogP contribution in [0.4, 0.5) is 16.4 Å². The lowest BCUT2D eigenvalue weighted by Gasteiger charge is -2.16. The van der Waals surface area contributed by atoms with Crippen LogP contribution in [0.1, 0.15) is 17.9 Å². The number of aliphatic hydroxyl groups excluding tert-OH is 1. The van der Waals surface area contributed by atoms with Crippen molar-refractivity contribution in [2.45, 2.75) is 13.0 Å². The summed E-state index contributed by atoms with van der Waals surface area (Å²) in [6.45, 7) is 1.60. The first-order valence-corrected chi connectivity index (χ1v) is 6.57. The van der Waals surface area contributed by atoms with Crippen LogP contribution < -0.4 is 4.90 Å². The molecule has 0 amide bonds. The number of nitrogens with zero attached hydrogens (tertiary/aromatic N) is 2. The van der Waals surface area contributed by atoms with Gasteiger partial charge in [-0.3, -0.25) is 10.1 Å². The average molecular weight is 278 g/mol. The van der Waals surface area contributed by atoms with Crippen LogP contribution in [0, 0.1) is 10.1 Å². The van der Waals surface area contributed by atoms with E-state index in [-0.39, 0.29) is 5.69 Å². The van der Waals surface area contributed by atoms with Gasteiger partial charge in [0.2, 0.25) is 0 Å². The molecule has 5 nitrogen and oxygen atoms in total. The van der Waals surface area contributed by atoms with Gasteiger partial charge in [0, 0.05) is 23.7 Å². The Morgan fingerprint density at radius 1 is 1.37 bits per heavy atom. The molecule has 1 aromatic carbocycles. The van der Waals surface area contributed by atoms with Gasteiger partial charge in [0.25, 0.3) is 0 Å². The Kier molecular flexibility index (Phi) is 3.82. The first-order valence-electron chi connectivity index (χ1n) is 5.75. The highest BCUT2D eigenvalue weighted by Gasteiger charge is 2.24. The maximum Gasteiger partial charge on any atom is 0.304 e. The van der Waals surface area contributed by atoms with Crippen molar-refractivity contribution in [3.63, 3.8) is 0 Å². The van der Waals surface area contributed by atoms with Gasteiger partial charge in [-0.1, -0.05) is 18.2 Å². The lowest BCUT2D eigenvalue weighted by molar-refractivity contribution is -0.383. The number of thiophene rings is 1. The minimum absolute atomic E-state index is 0.0206. The largest absolute Gasteiger partial charge is 0.388 e. The number of aliphatic hydroxyl groups is 1. The Balaban J connectivity index is 2.46. The van der Waals surface area contributed by atoms with E-state index >= 15 is 0 Å². The minimum atomic E-state index is -0.707. The Hall–Kier alpha value is -1.92. The van der Waals surface area contributed by atoms with Gasteiger partial charge in [-0.15, -0.1) is 11.3 Å². The highest BCUT2D eigenvalue weighted by Crippen LogP contribution is 2.42. The van der Waals surface area contributed by atoms with Crippen molar-refractivity contribution < 1.29 is 10.0 Å². The van der Waals surface area contributed by atoms with Crippen LogP contribution in [0.15, 0.2) is 36.4 Å². The smallest absolute Gasteiger partial charge is 0.304 e. The first-order chi connectivity index (χ1) is 9.00. The number of hydrogen-bond donors (Lipinski definition) is 1. The van der Waals surface area contributed by atoms with E-state index in [2.05, 4.69) is 0 Å².